The number of carbonyl (C=O) groups is 3. The Labute approximate surface area is 221 Å². The maximum Gasteiger partial charge on any atom is 0.294 e. The molecular formula is C26H26BrFN2O5S. The van der Waals surface area contributed by atoms with Crippen LogP contribution < -0.4 is 9.47 Å². The first-order valence-corrected chi connectivity index (χ1v) is 13.3. The highest BCUT2D eigenvalue weighted by Gasteiger charge is 2.37. The van der Waals surface area contributed by atoms with Crippen molar-refractivity contribution >= 4 is 50.8 Å². The van der Waals surface area contributed by atoms with Crippen LogP contribution in [0.5, 0.6) is 11.5 Å². The molecule has 0 radical (unpaired) electrons. The minimum Gasteiger partial charge on any atom is -0.490 e. The number of likely N-dealkylation sites (tertiary alicyclic amines) is 1. The molecule has 0 N–H and O–H groups in total. The Hall–Kier alpha value is -2.85. The van der Waals surface area contributed by atoms with Crippen molar-refractivity contribution in [1.82, 2.24) is 9.80 Å². The molecule has 2 aromatic rings. The molecule has 0 bridgehead atoms. The van der Waals surface area contributed by atoms with Gasteiger partial charge in [-0.25, -0.2) is 4.39 Å². The summed E-state index contributed by atoms with van der Waals surface area (Å²) in [7, 11) is 0. The van der Waals surface area contributed by atoms with E-state index in [9.17, 15) is 18.8 Å². The third-order valence-corrected chi connectivity index (χ3v) is 7.46. The third kappa shape index (κ3) is 6.10. The Kier molecular flexibility index (Phi) is 8.68. The van der Waals surface area contributed by atoms with Crippen molar-refractivity contribution in [2.24, 2.45) is 0 Å². The van der Waals surface area contributed by atoms with Crippen molar-refractivity contribution in [2.75, 3.05) is 26.2 Å². The number of hydrogen-bond acceptors (Lipinski definition) is 6. The molecule has 2 aliphatic rings. The van der Waals surface area contributed by atoms with Gasteiger partial charge >= 0.3 is 0 Å². The number of imide groups is 1. The van der Waals surface area contributed by atoms with Crippen molar-refractivity contribution in [2.45, 2.75) is 32.8 Å². The second-order valence-corrected chi connectivity index (χ2v) is 10.2. The van der Waals surface area contributed by atoms with Gasteiger partial charge in [-0.05, 0) is 67.8 Å². The number of ether oxygens (including phenoxy) is 2. The van der Waals surface area contributed by atoms with Crippen LogP contribution in [0.1, 0.15) is 37.3 Å². The van der Waals surface area contributed by atoms with Crippen molar-refractivity contribution in [3.63, 3.8) is 0 Å². The number of carbonyl (C=O) groups excluding carboxylic acids is 3. The minimum atomic E-state index is -0.500. The van der Waals surface area contributed by atoms with E-state index in [4.69, 9.17) is 9.47 Å². The van der Waals surface area contributed by atoms with Crippen molar-refractivity contribution in [3.8, 4) is 11.5 Å². The van der Waals surface area contributed by atoms with Gasteiger partial charge in [-0.1, -0.05) is 34.1 Å². The van der Waals surface area contributed by atoms with Crippen LogP contribution in [0.15, 0.2) is 45.8 Å². The van der Waals surface area contributed by atoms with Gasteiger partial charge < -0.3 is 14.4 Å². The van der Waals surface area contributed by atoms with Crippen LogP contribution >= 0.6 is 27.7 Å². The number of benzene rings is 2. The summed E-state index contributed by atoms with van der Waals surface area (Å²) in [6, 6.07) is 9.73. The molecule has 2 aliphatic heterocycles. The van der Waals surface area contributed by atoms with Gasteiger partial charge in [0, 0.05) is 23.1 Å². The fourth-order valence-electron chi connectivity index (χ4n) is 3.97. The zero-order valence-corrected chi connectivity index (χ0v) is 22.2. The second-order valence-electron chi connectivity index (χ2n) is 8.34. The van der Waals surface area contributed by atoms with E-state index in [1.54, 1.807) is 41.3 Å². The normalized spacial score (nSPS) is 17.1. The summed E-state index contributed by atoms with van der Waals surface area (Å²) >= 11 is 4.29. The predicted molar refractivity (Wildman–Crippen MR) is 139 cm³/mol. The lowest BCUT2D eigenvalue weighted by molar-refractivity contribution is -0.136. The average Bonchev–Trinajstić information content (AvgIpc) is 3.13. The first kappa shape index (κ1) is 26.2. The van der Waals surface area contributed by atoms with Crippen LogP contribution in [0.4, 0.5) is 9.18 Å². The van der Waals surface area contributed by atoms with E-state index >= 15 is 0 Å². The molecule has 0 aromatic heterocycles. The minimum absolute atomic E-state index is 0.0163. The molecule has 0 saturated carbocycles. The molecule has 0 aliphatic carbocycles. The molecule has 10 heteroatoms. The van der Waals surface area contributed by atoms with Crippen molar-refractivity contribution in [3.05, 3.63) is 62.7 Å². The lowest BCUT2D eigenvalue weighted by atomic mass is 10.1. The van der Waals surface area contributed by atoms with E-state index in [1.165, 1.54) is 6.07 Å². The van der Waals surface area contributed by atoms with Gasteiger partial charge in [-0.2, -0.15) is 0 Å². The molecule has 4 rings (SSSR count). The summed E-state index contributed by atoms with van der Waals surface area (Å²) in [6.07, 6.45) is 4.54. The largest absolute Gasteiger partial charge is 0.490 e. The van der Waals surface area contributed by atoms with Gasteiger partial charge in [0.25, 0.3) is 11.1 Å². The Morgan fingerprint density at radius 3 is 2.56 bits per heavy atom. The lowest BCUT2D eigenvalue weighted by Gasteiger charge is -2.27. The number of rotatable bonds is 8. The highest BCUT2D eigenvalue weighted by atomic mass is 79.9. The van der Waals surface area contributed by atoms with Gasteiger partial charge in [-0.15, -0.1) is 0 Å². The van der Waals surface area contributed by atoms with Crippen LogP contribution in [0, 0.1) is 5.82 Å². The second kappa shape index (κ2) is 11.9. The van der Waals surface area contributed by atoms with E-state index in [0.29, 0.717) is 46.8 Å². The molecule has 0 unspecified atom stereocenters. The zero-order chi connectivity index (χ0) is 25.7. The molecule has 190 valence electrons. The third-order valence-electron chi connectivity index (χ3n) is 5.87. The van der Waals surface area contributed by atoms with Gasteiger partial charge in [0.05, 0.1) is 11.5 Å². The van der Waals surface area contributed by atoms with Crippen LogP contribution in [-0.2, 0) is 16.2 Å². The molecule has 3 amide bonds. The quantitative estimate of drug-likeness (QED) is 0.380. The van der Waals surface area contributed by atoms with Gasteiger partial charge in [0.15, 0.2) is 11.5 Å². The number of hydrogen-bond donors (Lipinski definition) is 0. The Morgan fingerprint density at radius 2 is 1.83 bits per heavy atom. The summed E-state index contributed by atoms with van der Waals surface area (Å²) in [5.41, 5.74) is 1.01. The fourth-order valence-corrected chi connectivity index (χ4v) is 5.24. The lowest BCUT2D eigenvalue weighted by Crippen LogP contribution is -2.44. The fraction of sp³-hybridized carbons (Fsp3) is 0.346. The number of thioether (sulfide) groups is 1. The van der Waals surface area contributed by atoms with Gasteiger partial charge in [0.1, 0.15) is 19.0 Å². The molecule has 2 heterocycles. The maximum atomic E-state index is 14.0. The van der Waals surface area contributed by atoms with Crippen LogP contribution in [0.25, 0.3) is 6.08 Å². The standard InChI is InChI=1S/C26H26BrFN2O5S/c1-2-34-21-12-18(19(27)14-22(21)35-16-17-8-4-5-9-20(17)28)13-23-25(32)30(26(33)36-23)15-24(31)29-10-6-3-7-11-29/h4-5,8-9,12-14H,2-3,6-7,10-11,15-16H2,1H3/b23-13-. The molecule has 7 nitrogen and oxygen atoms in total. The highest BCUT2D eigenvalue weighted by Crippen LogP contribution is 2.38. The summed E-state index contributed by atoms with van der Waals surface area (Å²) in [5, 5.41) is -0.470. The Bertz CT molecular complexity index is 1200. The first-order chi connectivity index (χ1) is 17.4. The number of halogens is 2. The van der Waals surface area contributed by atoms with Crippen LogP contribution in [0.2, 0.25) is 0 Å². The predicted octanol–water partition coefficient (Wildman–Crippen LogP) is 5.61. The Balaban J connectivity index is 1.51. The van der Waals surface area contributed by atoms with E-state index in [2.05, 4.69) is 15.9 Å². The molecule has 2 saturated heterocycles. The first-order valence-electron chi connectivity index (χ1n) is 11.7. The summed E-state index contributed by atoms with van der Waals surface area (Å²) in [4.78, 5) is 41.0. The van der Waals surface area contributed by atoms with E-state index < -0.39 is 11.1 Å². The Morgan fingerprint density at radius 1 is 1.11 bits per heavy atom. The number of nitrogens with zero attached hydrogens (tertiary/aromatic N) is 2. The van der Waals surface area contributed by atoms with E-state index in [1.807, 2.05) is 6.92 Å². The summed E-state index contributed by atoms with van der Waals surface area (Å²) < 4.78 is 26.1. The topological polar surface area (TPSA) is 76.2 Å². The summed E-state index contributed by atoms with van der Waals surface area (Å²) in [6.45, 7) is 3.27. The van der Waals surface area contributed by atoms with Crippen molar-refractivity contribution in [1.29, 1.82) is 0 Å². The van der Waals surface area contributed by atoms with Crippen molar-refractivity contribution < 1.29 is 28.2 Å². The molecular weight excluding hydrogens is 551 g/mol. The monoisotopic (exact) mass is 576 g/mol. The van der Waals surface area contributed by atoms with E-state index in [0.717, 1.165) is 35.9 Å². The van der Waals surface area contributed by atoms with Crippen LogP contribution in [0.3, 0.4) is 0 Å². The van der Waals surface area contributed by atoms with Gasteiger partial charge in [0.2, 0.25) is 5.91 Å². The van der Waals surface area contributed by atoms with E-state index in [-0.39, 0.29) is 29.8 Å². The SMILES string of the molecule is CCOc1cc(/C=C2\SC(=O)N(CC(=O)N3CCCCC3)C2=O)c(Br)cc1OCc1ccccc1F. The molecule has 2 aromatic carbocycles. The molecule has 36 heavy (non-hydrogen) atoms. The smallest absolute Gasteiger partial charge is 0.294 e. The van der Waals surface area contributed by atoms with Crippen LogP contribution in [-0.4, -0.2) is 53.1 Å². The maximum absolute atomic E-state index is 14.0. The number of piperidine rings is 1. The zero-order valence-electron chi connectivity index (χ0n) is 19.8. The van der Waals surface area contributed by atoms with Gasteiger partial charge in [-0.3, -0.25) is 19.3 Å². The average molecular weight is 577 g/mol. The molecule has 0 spiro atoms. The molecule has 0 atom stereocenters. The summed E-state index contributed by atoms with van der Waals surface area (Å²) in [5.74, 6) is -0.248. The highest BCUT2D eigenvalue weighted by molar-refractivity contribution is 9.10. The molecule has 2 fully saturated rings. The number of amides is 3.